The van der Waals surface area contributed by atoms with Gasteiger partial charge in [-0.2, -0.15) is 0 Å². The van der Waals surface area contributed by atoms with E-state index in [4.69, 9.17) is 5.73 Å². The van der Waals surface area contributed by atoms with Crippen LogP contribution < -0.4 is 5.73 Å². The van der Waals surface area contributed by atoms with Gasteiger partial charge in [-0.1, -0.05) is 5.57 Å². The third-order valence-electron chi connectivity index (χ3n) is 2.84. The van der Waals surface area contributed by atoms with Crippen LogP contribution in [-0.4, -0.2) is 15.4 Å². The minimum Gasteiger partial charge on any atom is -0.324 e. The van der Waals surface area contributed by atoms with Crippen LogP contribution >= 0.6 is 11.3 Å². The van der Waals surface area contributed by atoms with Crippen molar-refractivity contribution >= 4 is 22.4 Å². The predicted octanol–water partition coefficient (Wildman–Crippen LogP) is 2.76. The van der Waals surface area contributed by atoms with Gasteiger partial charge in [-0.05, 0) is 33.8 Å². The summed E-state index contributed by atoms with van der Waals surface area (Å²) in [6.45, 7) is 8.20. The molecule has 16 heavy (non-hydrogen) atoms. The van der Waals surface area contributed by atoms with Gasteiger partial charge >= 0.3 is 0 Å². The van der Waals surface area contributed by atoms with E-state index in [0.717, 1.165) is 16.3 Å². The maximum Gasteiger partial charge on any atom is 0.194 e. The molecule has 2 rings (SSSR count). The lowest BCUT2D eigenvalue weighted by molar-refractivity contribution is 0.866. The molecule has 0 bridgehead atoms. The summed E-state index contributed by atoms with van der Waals surface area (Å²) in [6, 6.07) is 0.0869. The Labute approximate surface area is 99.6 Å². The van der Waals surface area contributed by atoms with Gasteiger partial charge in [-0.3, -0.25) is 4.40 Å². The summed E-state index contributed by atoms with van der Waals surface area (Å²) < 4.78 is 2.19. The van der Waals surface area contributed by atoms with Crippen LogP contribution in [0.5, 0.6) is 0 Å². The first-order valence-corrected chi connectivity index (χ1v) is 6.25. The summed E-state index contributed by atoms with van der Waals surface area (Å²) >= 11 is 1.68. The van der Waals surface area contributed by atoms with Crippen LogP contribution in [0, 0.1) is 13.8 Å². The quantitative estimate of drug-likeness (QED) is 0.869. The summed E-state index contributed by atoms with van der Waals surface area (Å²) in [5.41, 5.74) is 10.5. The van der Waals surface area contributed by atoms with Crippen LogP contribution in [0.1, 0.15) is 30.9 Å². The molecule has 3 nitrogen and oxygen atoms in total. The zero-order chi connectivity index (χ0) is 11.9. The fraction of sp³-hybridized carbons (Fsp3) is 0.417. The Hall–Kier alpha value is -1.13. The summed E-state index contributed by atoms with van der Waals surface area (Å²) in [5, 5.41) is 2.13. The molecule has 0 aliphatic carbocycles. The number of hydrogen-bond donors (Lipinski definition) is 1. The topological polar surface area (TPSA) is 43.3 Å². The first-order chi connectivity index (χ1) is 7.50. The smallest absolute Gasteiger partial charge is 0.194 e. The molecule has 0 aliphatic heterocycles. The highest BCUT2D eigenvalue weighted by Gasteiger charge is 2.10. The molecule has 1 unspecified atom stereocenters. The highest BCUT2D eigenvalue weighted by Crippen LogP contribution is 2.22. The molecule has 0 aliphatic rings. The molecule has 1 atom stereocenters. The van der Waals surface area contributed by atoms with Crippen LogP contribution in [0.25, 0.3) is 11.0 Å². The van der Waals surface area contributed by atoms with Crippen molar-refractivity contribution in [2.24, 2.45) is 5.73 Å². The van der Waals surface area contributed by atoms with Crippen LogP contribution in [-0.2, 0) is 0 Å². The number of hydrogen-bond acceptors (Lipinski definition) is 3. The zero-order valence-corrected chi connectivity index (χ0v) is 10.9. The molecular formula is C12H17N3S. The predicted molar refractivity (Wildman–Crippen MR) is 69.8 cm³/mol. The molecule has 2 heterocycles. The van der Waals surface area contributed by atoms with E-state index in [1.54, 1.807) is 11.3 Å². The van der Waals surface area contributed by atoms with Crippen molar-refractivity contribution in [3.63, 3.8) is 0 Å². The maximum atomic E-state index is 5.86. The van der Waals surface area contributed by atoms with E-state index in [0.29, 0.717) is 0 Å². The average molecular weight is 235 g/mol. The van der Waals surface area contributed by atoms with Gasteiger partial charge in [0.25, 0.3) is 0 Å². The third kappa shape index (κ3) is 1.79. The van der Waals surface area contributed by atoms with E-state index in [1.807, 2.05) is 13.8 Å². The van der Waals surface area contributed by atoms with E-state index in [-0.39, 0.29) is 6.04 Å². The summed E-state index contributed by atoms with van der Waals surface area (Å²) in [6.07, 6.45) is 2.14. The minimum atomic E-state index is 0.0869. The van der Waals surface area contributed by atoms with Crippen molar-refractivity contribution in [3.8, 4) is 0 Å². The zero-order valence-electron chi connectivity index (χ0n) is 10.1. The largest absolute Gasteiger partial charge is 0.324 e. The number of nitrogens with two attached hydrogens (primary N) is 1. The Bertz CT molecular complexity index is 546. The Morgan fingerprint density at radius 3 is 2.88 bits per heavy atom. The lowest BCUT2D eigenvalue weighted by Crippen LogP contribution is -2.15. The molecule has 0 radical (unpaired) electrons. The molecule has 0 spiro atoms. The molecule has 2 aromatic heterocycles. The van der Waals surface area contributed by atoms with Gasteiger partial charge in [-0.25, -0.2) is 4.98 Å². The molecule has 0 amide bonds. The van der Waals surface area contributed by atoms with Crippen LogP contribution in [0.2, 0.25) is 0 Å². The number of nitrogens with zero attached hydrogens (tertiary/aromatic N) is 2. The first-order valence-electron chi connectivity index (χ1n) is 5.37. The second-order valence-corrected chi connectivity index (χ2v) is 5.09. The minimum absolute atomic E-state index is 0.0869. The highest BCUT2D eigenvalue weighted by atomic mass is 32.1. The summed E-state index contributed by atoms with van der Waals surface area (Å²) in [7, 11) is 0. The number of aryl methyl sites for hydroxylation is 2. The van der Waals surface area contributed by atoms with Gasteiger partial charge in [-0.15, -0.1) is 11.3 Å². The Balaban J connectivity index is 2.63. The van der Waals surface area contributed by atoms with E-state index in [9.17, 15) is 0 Å². The van der Waals surface area contributed by atoms with Gasteiger partial charge in [0.05, 0.1) is 11.4 Å². The molecule has 0 saturated carbocycles. The van der Waals surface area contributed by atoms with Crippen molar-refractivity contribution in [2.75, 3.05) is 0 Å². The number of thiazole rings is 1. The van der Waals surface area contributed by atoms with E-state index in [1.165, 1.54) is 11.3 Å². The van der Waals surface area contributed by atoms with Crippen molar-refractivity contribution in [1.29, 1.82) is 0 Å². The van der Waals surface area contributed by atoms with Crippen molar-refractivity contribution in [3.05, 3.63) is 28.0 Å². The Morgan fingerprint density at radius 1 is 1.56 bits per heavy atom. The number of aromatic nitrogens is 2. The van der Waals surface area contributed by atoms with Crippen molar-refractivity contribution in [2.45, 2.75) is 33.7 Å². The molecule has 2 N–H and O–H groups in total. The monoisotopic (exact) mass is 235 g/mol. The molecule has 0 fully saturated rings. The molecule has 0 aromatic carbocycles. The Morgan fingerprint density at radius 2 is 2.25 bits per heavy atom. The van der Waals surface area contributed by atoms with Crippen LogP contribution in [0.3, 0.4) is 0 Å². The number of fused-ring (bicyclic) bond motifs is 1. The Kier molecular flexibility index (Phi) is 2.86. The van der Waals surface area contributed by atoms with Crippen LogP contribution in [0.15, 0.2) is 11.0 Å². The van der Waals surface area contributed by atoms with Crippen LogP contribution in [0.4, 0.5) is 0 Å². The first kappa shape index (κ1) is 11.4. The van der Waals surface area contributed by atoms with E-state index in [2.05, 4.69) is 34.7 Å². The van der Waals surface area contributed by atoms with Gasteiger partial charge in [0.15, 0.2) is 4.96 Å². The maximum absolute atomic E-state index is 5.86. The normalized spacial score (nSPS) is 14.7. The molecular weight excluding hydrogens is 218 g/mol. The SMILES string of the molecule is C/C(=C\c1c(C)nc2scc(C)n12)C(C)N. The van der Waals surface area contributed by atoms with E-state index < -0.39 is 0 Å². The lowest BCUT2D eigenvalue weighted by atomic mass is 10.1. The summed E-state index contributed by atoms with van der Waals surface area (Å²) in [5.74, 6) is 0. The highest BCUT2D eigenvalue weighted by molar-refractivity contribution is 7.15. The molecule has 2 aromatic rings. The second kappa shape index (κ2) is 4.03. The molecule has 0 saturated heterocycles. The lowest BCUT2D eigenvalue weighted by Gasteiger charge is -2.05. The third-order valence-corrected chi connectivity index (χ3v) is 3.78. The fourth-order valence-electron chi connectivity index (χ4n) is 1.64. The van der Waals surface area contributed by atoms with Gasteiger partial charge in [0.1, 0.15) is 0 Å². The van der Waals surface area contributed by atoms with Crippen molar-refractivity contribution < 1.29 is 0 Å². The van der Waals surface area contributed by atoms with Gasteiger partial charge < -0.3 is 5.73 Å². The number of imidazole rings is 1. The second-order valence-electron chi connectivity index (χ2n) is 4.25. The van der Waals surface area contributed by atoms with E-state index >= 15 is 0 Å². The van der Waals surface area contributed by atoms with Gasteiger partial charge in [0.2, 0.25) is 0 Å². The van der Waals surface area contributed by atoms with Crippen molar-refractivity contribution in [1.82, 2.24) is 9.38 Å². The number of rotatable bonds is 2. The molecule has 86 valence electrons. The average Bonchev–Trinajstić information content (AvgIpc) is 2.69. The van der Waals surface area contributed by atoms with Gasteiger partial charge in [0, 0.05) is 17.1 Å². The molecule has 4 heteroatoms. The fourth-order valence-corrected chi connectivity index (χ4v) is 2.56. The summed E-state index contributed by atoms with van der Waals surface area (Å²) in [4.78, 5) is 5.60. The standard InChI is InChI=1S/C12H17N3S/c1-7(9(3)13)5-11-10(4)14-12-15(11)8(2)6-16-12/h5-6,9H,13H2,1-4H3/b7-5+.